The van der Waals surface area contributed by atoms with E-state index in [0.717, 1.165) is 5.52 Å². The highest BCUT2D eigenvalue weighted by atomic mass is 16.2. The Morgan fingerprint density at radius 2 is 2.00 bits per heavy atom. The average molecular weight is 247 g/mol. The Morgan fingerprint density at radius 3 is 2.61 bits per heavy atom. The number of aromatic nitrogens is 2. The van der Waals surface area contributed by atoms with E-state index in [1.165, 1.54) is 4.57 Å². The molecule has 0 saturated heterocycles. The first-order valence-electron chi connectivity index (χ1n) is 5.87. The monoisotopic (exact) mass is 247 g/mol. The van der Waals surface area contributed by atoms with E-state index in [1.54, 1.807) is 30.9 Å². The lowest BCUT2D eigenvalue weighted by Crippen LogP contribution is -2.31. The van der Waals surface area contributed by atoms with E-state index in [2.05, 4.69) is 5.32 Å². The number of rotatable bonds is 2. The van der Waals surface area contributed by atoms with Gasteiger partial charge in [0.05, 0.1) is 10.9 Å². The van der Waals surface area contributed by atoms with Gasteiger partial charge in [0.15, 0.2) is 0 Å². The normalized spacial score (nSPS) is 11.2. The molecule has 2 heterocycles. The van der Waals surface area contributed by atoms with Gasteiger partial charge in [-0.3, -0.25) is 9.59 Å². The van der Waals surface area contributed by atoms with Crippen LogP contribution in [0.25, 0.3) is 10.9 Å². The van der Waals surface area contributed by atoms with Crippen molar-refractivity contribution in [3.8, 4) is 0 Å². The molecule has 2 rings (SSSR count). The molecule has 0 fully saturated rings. The summed E-state index contributed by atoms with van der Waals surface area (Å²) in [5.41, 5.74) is 1.18. The Morgan fingerprint density at radius 1 is 1.33 bits per heavy atom. The third-order valence-corrected chi connectivity index (χ3v) is 2.94. The molecule has 0 spiro atoms. The molecule has 2 aromatic heterocycles. The lowest BCUT2D eigenvalue weighted by atomic mass is 10.3. The standard InChI is InChI=1S/C13H17N3O2/c1-8(2)14-12(17)11-7-9-10(16(11)4)5-6-15(3)13(9)18/h5-8H,1-4H3,(H,14,17). The van der Waals surface area contributed by atoms with E-state index in [4.69, 9.17) is 0 Å². The maximum atomic E-state index is 12.0. The zero-order valence-electron chi connectivity index (χ0n) is 11.0. The lowest BCUT2D eigenvalue weighted by Gasteiger charge is -2.08. The predicted molar refractivity (Wildman–Crippen MR) is 70.8 cm³/mol. The van der Waals surface area contributed by atoms with Crippen LogP contribution >= 0.6 is 0 Å². The van der Waals surface area contributed by atoms with Gasteiger partial charge in [-0.15, -0.1) is 0 Å². The summed E-state index contributed by atoms with van der Waals surface area (Å²) in [5.74, 6) is -0.161. The molecule has 0 bridgehead atoms. The minimum Gasteiger partial charge on any atom is -0.349 e. The zero-order valence-corrected chi connectivity index (χ0v) is 11.0. The number of amides is 1. The molecule has 5 heteroatoms. The van der Waals surface area contributed by atoms with E-state index in [0.29, 0.717) is 11.1 Å². The Bertz CT molecular complexity index is 665. The first-order chi connectivity index (χ1) is 8.41. The number of nitrogens with zero attached hydrogens (tertiary/aromatic N) is 2. The second kappa shape index (κ2) is 4.33. The highest BCUT2D eigenvalue weighted by Gasteiger charge is 2.15. The summed E-state index contributed by atoms with van der Waals surface area (Å²) in [6, 6.07) is 3.55. The second-order valence-electron chi connectivity index (χ2n) is 4.75. The smallest absolute Gasteiger partial charge is 0.268 e. The van der Waals surface area contributed by atoms with Crippen LogP contribution in [0.2, 0.25) is 0 Å². The number of fused-ring (bicyclic) bond motifs is 1. The van der Waals surface area contributed by atoms with Gasteiger partial charge in [-0.1, -0.05) is 0 Å². The molecule has 1 amide bonds. The molecule has 2 aromatic rings. The molecule has 0 aliphatic rings. The van der Waals surface area contributed by atoms with Gasteiger partial charge in [-0.25, -0.2) is 0 Å². The summed E-state index contributed by atoms with van der Waals surface area (Å²) in [7, 11) is 3.49. The van der Waals surface area contributed by atoms with Gasteiger partial charge < -0.3 is 14.5 Å². The van der Waals surface area contributed by atoms with Gasteiger partial charge >= 0.3 is 0 Å². The Labute approximate surface area is 105 Å². The van der Waals surface area contributed by atoms with Crippen LogP contribution < -0.4 is 10.9 Å². The van der Waals surface area contributed by atoms with Gasteiger partial charge in [-0.05, 0) is 26.0 Å². The minimum absolute atomic E-state index is 0.0679. The number of nitrogens with one attached hydrogen (secondary N) is 1. The van der Waals surface area contributed by atoms with Crippen molar-refractivity contribution in [1.82, 2.24) is 14.5 Å². The van der Waals surface area contributed by atoms with Gasteiger partial charge in [0.25, 0.3) is 11.5 Å². The quantitative estimate of drug-likeness (QED) is 0.861. The third-order valence-electron chi connectivity index (χ3n) is 2.94. The molecule has 18 heavy (non-hydrogen) atoms. The Balaban J connectivity index is 2.61. The van der Waals surface area contributed by atoms with E-state index >= 15 is 0 Å². The van der Waals surface area contributed by atoms with Crippen LogP contribution in [-0.4, -0.2) is 21.1 Å². The molecule has 5 nitrogen and oxygen atoms in total. The van der Waals surface area contributed by atoms with E-state index < -0.39 is 0 Å². The van der Waals surface area contributed by atoms with E-state index in [1.807, 2.05) is 19.9 Å². The molecule has 0 aliphatic carbocycles. The summed E-state index contributed by atoms with van der Waals surface area (Å²) >= 11 is 0. The highest BCUT2D eigenvalue weighted by molar-refractivity contribution is 5.98. The minimum atomic E-state index is -0.161. The van der Waals surface area contributed by atoms with Crippen molar-refractivity contribution in [1.29, 1.82) is 0 Å². The fourth-order valence-corrected chi connectivity index (χ4v) is 1.98. The molecule has 0 aliphatic heterocycles. The van der Waals surface area contributed by atoms with Gasteiger partial charge in [-0.2, -0.15) is 0 Å². The maximum Gasteiger partial charge on any atom is 0.268 e. The average Bonchev–Trinajstić information content (AvgIpc) is 2.61. The fraction of sp³-hybridized carbons (Fsp3) is 0.385. The summed E-state index contributed by atoms with van der Waals surface area (Å²) < 4.78 is 3.25. The molecule has 0 atom stereocenters. The number of hydrogen-bond donors (Lipinski definition) is 1. The number of carbonyl (C=O) groups is 1. The predicted octanol–water partition coefficient (Wildman–Crippen LogP) is 1.02. The lowest BCUT2D eigenvalue weighted by molar-refractivity contribution is 0.0935. The zero-order chi connectivity index (χ0) is 13.4. The first-order valence-corrected chi connectivity index (χ1v) is 5.87. The van der Waals surface area contributed by atoms with Crippen LogP contribution in [0.1, 0.15) is 24.3 Å². The van der Waals surface area contributed by atoms with E-state index in [9.17, 15) is 9.59 Å². The first kappa shape index (κ1) is 12.4. The van der Waals surface area contributed by atoms with Crippen molar-refractivity contribution in [2.24, 2.45) is 14.1 Å². The van der Waals surface area contributed by atoms with Crippen molar-refractivity contribution in [3.05, 3.63) is 34.4 Å². The summed E-state index contributed by atoms with van der Waals surface area (Å²) in [6.07, 6.45) is 1.70. The number of hydrogen-bond acceptors (Lipinski definition) is 2. The Hall–Kier alpha value is -2.04. The van der Waals surface area contributed by atoms with Crippen LogP contribution in [0.4, 0.5) is 0 Å². The maximum absolute atomic E-state index is 12.0. The van der Waals surface area contributed by atoms with Crippen molar-refractivity contribution < 1.29 is 4.79 Å². The molecule has 0 unspecified atom stereocenters. The van der Waals surface area contributed by atoms with Crippen molar-refractivity contribution in [2.45, 2.75) is 19.9 Å². The van der Waals surface area contributed by atoms with Crippen molar-refractivity contribution in [3.63, 3.8) is 0 Å². The molecule has 0 aromatic carbocycles. The van der Waals surface area contributed by atoms with E-state index in [-0.39, 0.29) is 17.5 Å². The number of carbonyl (C=O) groups excluding carboxylic acids is 1. The summed E-state index contributed by atoms with van der Waals surface area (Å²) in [4.78, 5) is 24.0. The molecule has 0 saturated carbocycles. The number of pyridine rings is 1. The topological polar surface area (TPSA) is 56.0 Å². The van der Waals surface area contributed by atoms with Crippen LogP contribution in [0.5, 0.6) is 0 Å². The number of aryl methyl sites for hydroxylation is 2. The van der Waals surface area contributed by atoms with Crippen LogP contribution in [0.15, 0.2) is 23.1 Å². The molecular weight excluding hydrogens is 230 g/mol. The molecule has 1 N–H and O–H groups in total. The van der Waals surface area contributed by atoms with Crippen LogP contribution in [0, 0.1) is 0 Å². The third kappa shape index (κ3) is 1.92. The molecule has 0 radical (unpaired) electrons. The Kier molecular flexibility index (Phi) is 2.98. The molecular formula is C13H17N3O2. The largest absolute Gasteiger partial charge is 0.349 e. The van der Waals surface area contributed by atoms with Crippen molar-refractivity contribution >= 4 is 16.8 Å². The summed E-state index contributed by atoms with van der Waals surface area (Å²) in [5, 5.41) is 3.39. The SMILES string of the molecule is CC(C)NC(=O)c1cc2c(=O)n(C)ccc2n1C. The highest BCUT2D eigenvalue weighted by Crippen LogP contribution is 2.15. The van der Waals surface area contributed by atoms with Crippen LogP contribution in [-0.2, 0) is 14.1 Å². The summed E-state index contributed by atoms with van der Waals surface area (Å²) in [6.45, 7) is 3.80. The van der Waals surface area contributed by atoms with Crippen molar-refractivity contribution in [2.75, 3.05) is 0 Å². The fourth-order valence-electron chi connectivity index (χ4n) is 1.98. The van der Waals surface area contributed by atoms with Gasteiger partial charge in [0.1, 0.15) is 5.69 Å². The second-order valence-corrected chi connectivity index (χ2v) is 4.75. The van der Waals surface area contributed by atoms with Gasteiger partial charge in [0.2, 0.25) is 0 Å². The van der Waals surface area contributed by atoms with Crippen LogP contribution in [0.3, 0.4) is 0 Å². The van der Waals surface area contributed by atoms with Gasteiger partial charge in [0, 0.05) is 26.3 Å². The molecule has 96 valence electrons.